The Labute approximate surface area is 704 Å². The van der Waals surface area contributed by atoms with Crippen LogP contribution in [0.3, 0.4) is 0 Å². The highest BCUT2D eigenvalue weighted by atomic mass is 35.5. The van der Waals surface area contributed by atoms with Crippen molar-refractivity contribution in [3.05, 3.63) is 251 Å². The van der Waals surface area contributed by atoms with E-state index < -0.39 is 214 Å². The second-order valence-corrected chi connectivity index (χ2v) is 29.0. The van der Waals surface area contributed by atoms with Gasteiger partial charge in [-0.15, -0.1) is 38.5 Å². The number of hydrogen-bond acceptors (Lipinski definition) is 34. The van der Waals surface area contributed by atoms with Crippen LogP contribution in [-0.4, -0.2) is 238 Å². The van der Waals surface area contributed by atoms with E-state index in [-0.39, 0.29) is 51.3 Å². The number of alkyl halides is 2. The van der Waals surface area contributed by atoms with Gasteiger partial charge < -0.3 is 85.6 Å². The van der Waals surface area contributed by atoms with Crippen LogP contribution in [0.5, 0.6) is 0 Å². The number of aliphatic hydroxyl groups is 1. The summed E-state index contributed by atoms with van der Waals surface area (Å²) in [4.78, 5) is 138. The van der Waals surface area contributed by atoms with Crippen molar-refractivity contribution < 1.29 is 134 Å². The normalized spacial score (nSPS) is 26.1. The van der Waals surface area contributed by atoms with Crippen molar-refractivity contribution in [1.29, 1.82) is 0 Å². The summed E-state index contributed by atoms with van der Waals surface area (Å²) in [5.41, 5.74) is 0.848. The number of aryl methyl sites for hydroxylation is 1. The molecule has 0 bridgehead atoms. The van der Waals surface area contributed by atoms with E-state index in [9.17, 15) is 53.1 Å². The number of halogens is 2. The van der Waals surface area contributed by atoms with Crippen LogP contribution in [0.25, 0.3) is 0 Å². The summed E-state index contributed by atoms with van der Waals surface area (Å²) in [6.07, 6.45) is -24.0. The second kappa shape index (κ2) is 40.4. The maximum absolute atomic E-state index is 14.7. The molecule has 4 aliphatic rings. The molecule has 13 rings (SSSR count). The SMILES string of the molecule is CC(=O)OC[C@H]1O[C@H](OC2(CCl)O[C@H](Cn3cc(CO[C@H]4O[C@H](Cn5cc(CO[C@H]6O[C@H](Cn7cc(C)nn7)[C@@H](OC(=O)c7ccccc7)[C@H](OC(=O)c7ccccc7)[C@@H]6OC(=O)c6ccccc6)nn5)[C@@H](OC(=O)c5ccccc5)[C@H](OC(=O)c5ccccc5)[C@@H]4OC(=O)c4ccccc4)nn3)[C@@H](OC(C)=O)[C@@H]2OC(C)=O)[C@H](O)[C@@H](OC(C)=O)[C@H]1Cl. The third kappa shape index (κ3) is 21.9. The molecular weight excluding hydrogens is 1640 g/mol. The van der Waals surface area contributed by atoms with Gasteiger partial charge in [-0.25, -0.2) is 42.8 Å². The molecule has 37 nitrogen and oxygen atoms in total. The number of aliphatic hydroxyl groups excluding tert-OH is 1. The average Bonchev–Trinajstić information content (AvgIpc) is 1.56. The Bertz CT molecular complexity index is 5100. The Kier molecular flexibility index (Phi) is 29.0. The smallest absolute Gasteiger partial charge is 0.338 e. The molecular formula is C83H81Cl2N9O28. The third-order valence-corrected chi connectivity index (χ3v) is 20.2. The Morgan fingerprint density at radius 3 is 1.08 bits per heavy atom. The van der Waals surface area contributed by atoms with Crippen LogP contribution < -0.4 is 0 Å². The summed E-state index contributed by atoms with van der Waals surface area (Å²) < 4.78 is 109. The van der Waals surface area contributed by atoms with Gasteiger partial charge in [0.1, 0.15) is 53.9 Å². The standard InChI is InChI=1S/C83H81Cl2N9O28/c1-46-36-92(89-86-46)39-59-65(115-74(100)51-24-12-6-13-25-51)69(117-76(102)53-28-16-8-17-29-53)71(119-78(104)55-32-20-10-21-33-55)81(112-59)107-42-57-37-93(90-87-57)40-60-66(116-75(101)52-26-14-7-15-27-52)70(118-77(103)54-30-18-9-19-31-54)72(120-79(105)56-34-22-11-23-35-56)82(113-60)108-43-58-38-94(91-88-58)41-61-67(109-48(3)96)73(111-50(5)98)83(45-84,121-61)122-80-64(99)68(110-49(4)97)63(85)62(114-80)44-106-47(2)95/h6-38,59-73,80-82,99H,39-45H2,1-5H3/t59-,60-,61-,62-,63+,64-,65-,66-,67-,68+,69+,70+,71+,72+,73+,80-,81+,82+,83?/m1/s1. The number of nitrogens with zero attached hydrogens (tertiary/aromatic N) is 9. The number of rotatable bonds is 32. The molecule has 640 valence electrons. The predicted molar refractivity (Wildman–Crippen MR) is 413 cm³/mol. The molecule has 4 fully saturated rings. The fraction of sp³-hybridized carbons (Fsp3) is 0.373. The minimum Gasteiger partial charge on any atom is -0.463 e. The van der Waals surface area contributed by atoms with Gasteiger partial charge in [0.15, 0.2) is 73.8 Å². The lowest BCUT2D eigenvalue weighted by molar-refractivity contribution is -0.359. The zero-order valence-corrected chi connectivity index (χ0v) is 67.2. The molecule has 0 saturated carbocycles. The highest BCUT2D eigenvalue weighted by Gasteiger charge is 2.64. The minimum absolute atomic E-state index is 0.000932. The highest BCUT2D eigenvalue weighted by Crippen LogP contribution is 2.43. The van der Waals surface area contributed by atoms with Gasteiger partial charge in [0.2, 0.25) is 5.79 Å². The van der Waals surface area contributed by atoms with Crippen LogP contribution in [0.4, 0.5) is 0 Å². The minimum atomic E-state index is -2.39. The number of esters is 10. The van der Waals surface area contributed by atoms with Gasteiger partial charge in [-0.1, -0.05) is 125 Å². The van der Waals surface area contributed by atoms with Crippen molar-refractivity contribution in [3.8, 4) is 0 Å². The fourth-order valence-electron chi connectivity index (χ4n) is 13.8. The molecule has 9 aromatic rings. The maximum Gasteiger partial charge on any atom is 0.338 e. The van der Waals surface area contributed by atoms with Crippen LogP contribution >= 0.6 is 23.2 Å². The van der Waals surface area contributed by atoms with Crippen molar-refractivity contribution in [2.24, 2.45) is 0 Å². The van der Waals surface area contributed by atoms with Crippen molar-refractivity contribution in [3.63, 3.8) is 0 Å². The summed E-state index contributed by atoms with van der Waals surface area (Å²) in [6, 6.07) is 46.9. The van der Waals surface area contributed by atoms with E-state index in [4.69, 9.17) is 104 Å². The molecule has 0 amide bonds. The lowest BCUT2D eigenvalue weighted by Gasteiger charge is -2.44. The quantitative estimate of drug-likeness (QED) is 0.0270. The van der Waals surface area contributed by atoms with E-state index in [1.54, 1.807) is 122 Å². The number of ether oxygens (including phenoxy) is 17. The molecule has 39 heteroatoms. The zero-order valence-electron chi connectivity index (χ0n) is 65.6. The predicted octanol–water partition coefficient (Wildman–Crippen LogP) is 6.41. The first kappa shape index (κ1) is 87.5. The zero-order chi connectivity index (χ0) is 86.1. The maximum atomic E-state index is 14.7. The number of carbonyl (C=O) groups excluding carboxylic acids is 10. The number of benzene rings is 6. The van der Waals surface area contributed by atoms with Gasteiger partial charge in [-0.05, 0) is 79.7 Å². The Morgan fingerprint density at radius 2 is 0.730 bits per heavy atom. The fourth-order valence-corrected chi connectivity index (χ4v) is 14.4. The van der Waals surface area contributed by atoms with Crippen LogP contribution in [-0.2, 0) is 133 Å². The summed E-state index contributed by atoms with van der Waals surface area (Å²) in [7, 11) is 0. The van der Waals surface area contributed by atoms with Gasteiger partial charge in [0, 0.05) is 33.9 Å². The summed E-state index contributed by atoms with van der Waals surface area (Å²) in [5.74, 6) is -12.2. The van der Waals surface area contributed by atoms with E-state index in [0.29, 0.717) is 5.69 Å². The summed E-state index contributed by atoms with van der Waals surface area (Å²) in [5, 5.41) is 36.1. The first-order valence-corrected chi connectivity index (χ1v) is 39.1. The molecule has 1 N–H and O–H groups in total. The molecule has 4 aliphatic heterocycles. The molecule has 3 aromatic heterocycles. The van der Waals surface area contributed by atoms with Crippen molar-refractivity contribution in [2.75, 3.05) is 12.5 Å². The van der Waals surface area contributed by atoms with E-state index in [0.717, 1.165) is 27.7 Å². The van der Waals surface area contributed by atoms with E-state index in [2.05, 4.69) is 30.9 Å². The largest absolute Gasteiger partial charge is 0.463 e. The number of hydrogen-bond donors (Lipinski definition) is 1. The Balaban J connectivity index is 0.826. The van der Waals surface area contributed by atoms with Gasteiger partial charge >= 0.3 is 59.7 Å². The van der Waals surface area contributed by atoms with Gasteiger partial charge in [-0.3, -0.25) is 19.2 Å². The Hall–Kier alpha value is -12.3. The van der Waals surface area contributed by atoms with Crippen molar-refractivity contribution in [2.45, 2.75) is 183 Å². The first-order valence-electron chi connectivity index (χ1n) is 38.2. The van der Waals surface area contributed by atoms with Gasteiger partial charge in [-0.2, -0.15) is 0 Å². The van der Waals surface area contributed by atoms with E-state index >= 15 is 0 Å². The first-order chi connectivity index (χ1) is 58.8. The Morgan fingerprint density at radius 1 is 0.393 bits per heavy atom. The van der Waals surface area contributed by atoms with E-state index in [1.807, 2.05) is 0 Å². The van der Waals surface area contributed by atoms with E-state index in [1.165, 1.54) is 99.2 Å². The molecule has 0 radical (unpaired) electrons. The molecule has 19 atom stereocenters. The topological polar surface area (TPSA) is 440 Å². The molecule has 7 heterocycles. The second-order valence-electron chi connectivity index (χ2n) is 28.2. The molecule has 0 aliphatic carbocycles. The average molecular weight is 1720 g/mol. The van der Waals surface area contributed by atoms with Crippen LogP contribution in [0.2, 0.25) is 0 Å². The molecule has 1 unspecified atom stereocenters. The lowest BCUT2D eigenvalue weighted by atomic mass is 9.97. The lowest BCUT2D eigenvalue weighted by Crippen LogP contribution is -2.63. The molecule has 0 spiro atoms. The van der Waals surface area contributed by atoms with Crippen LogP contribution in [0, 0.1) is 6.92 Å². The summed E-state index contributed by atoms with van der Waals surface area (Å²) >= 11 is 13.4. The van der Waals surface area contributed by atoms with Crippen molar-refractivity contribution >= 4 is 82.9 Å². The third-order valence-electron chi connectivity index (χ3n) is 19.3. The molecule has 6 aromatic carbocycles. The van der Waals surface area contributed by atoms with Crippen LogP contribution in [0.15, 0.2) is 201 Å². The van der Waals surface area contributed by atoms with Crippen molar-refractivity contribution in [1.82, 2.24) is 45.0 Å². The molecule has 4 saturated heterocycles. The molecule has 122 heavy (non-hydrogen) atoms. The monoisotopic (exact) mass is 1720 g/mol. The number of carbonyl (C=O) groups is 10. The summed E-state index contributed by atoms with van der Waals surface area (Å²) in [6.45, 7) is 3.20. The van der Waals surface area contributed by atoms with Gasteiger partial charge in [0.05, 0.1) is 90.2 Å². The number of aromatic nitrogens is 9. The highest BCUT2D eigenvalue weighted by molar-refractivity contribution is 6.21. The van der Waals surface area contributed by atoms with Gasteiger partial charge in [0.25, 0.3) is 0 Å². The van der Waals surface area contributed by atoms with Crippen LogP contribution in [0.1, 0.15) is 107 Å².